The van der Waals surface area contributed by atoms with Crippen molar-refractivity contribution in [2.45, 2.75) is 52.4 Å². The smallest absolute Gasteiger partial charge is 0.00180 e. The van der Waals surface area contributed by atoms with E-state index >= 15 is 0 Å². The molecular formula is C14H28N2. The first-order chi connectivity index (χ1) is 7.62. The lowest BCUT2D eigenvalue weighted by atomic mass is 9.75. The van der Waals surface area contributed by atoms with E-state index in [9.17, 15) is 0 Å². The van der Waals surface area contributed by atoms with E-state index in [-0.39, 0.29) is 0 Å². The van der Waals surface area contributed by atoms with Gasteiger partial charge in [0.15, 0.2) is 0 Å². The standard InChI is InChI=1S/C14H28N2/c1-13(6-4-3-5-7-13)10-16-12-14(2)8-9-15-11-14/h15-16H,3-12H2,1-2H3. The normalized spacial score (nSPS) is 34.1. The third-order valence-corrected chi connectivity index (χ3v) is 4.62. The lowest BCUT2D eigenvalue weighted by Crippen LogP contribution is -2.40. The minimum Gasteiger partial charge on any atom is -0.316 e. The van der Waals surface area contributed by atoms with Gasteiger partial charge in [-0.25, -0.2) is 0 Å². The van der Waals surface area contributed by atoms with E-state index < -0.39 is 0 Å². The molecule has 1 unspecified atom stereocenters. The predicted molar refractivity (Wildman–Crippen MR) is 69.7 cm³/mol. The van der Waals surface area contributed by atoms with Crippen LogP contribution >= 0.6 is 0 Å². The summed E-state index contributed by atoms with van der Waals surface area (Å²) in [7, 11) is 0. The Hall–Kier alpha value is -0.0800. The van der Waals surface area contributed by atoms with E-state index in [2.05, 4.69) is 24.5 Å². The molecule has 2 aliphatic rings. The van der Waals surface area contributed by atoms with Crippen molar-refractivity contribution in [2.24, 2.45) is 10.8 Å². The van der Waals surface area contributed by atoms with Gasteiger partial charge in [0.1, 0.15) is 0 Å². The van der Waals surface area contributed by atoms with Crippen LogP contribution in [0.3, 0.4) is 0 Å². The Morgan fingerprint density at radius 3 is 2.25 bits per heavy atom. The van der Waals surface area contributed by atoms with Gasteiger partial charge in [0.05, 0.1) is 0 Å². The van der Waals surface area contributed by atoms with Gasteiger partial charge in [-0.2, -0.15) is 0 Å². The highest BCUT2D eigenvalue weighted by Gasteiger charge is 2.30. The van der Waals surface area contributed by atoms with Crippen molar-refractivity contribution in [3.63, 3.8) is 0 Å². The van der Waals surface area contributed by atoms with Crippen LogP contribution in [0.15, 0.2) is 0 Å². The average molecular weight is 224 g/mol. The fourth-order valence-electron chi connectivity index (χ4n) is 3.27. The summed E-state index contributed by atoms with van der Waals surface area (Å²) in [5.41, 5.74) is 1.09. The van der Waals surface area contributed by atoms with Crippen LogP contribution in [0.5, 0.6) is 0 Å². The lowest BCUT2D eigenvalue weighted by Gasteiger charge is -2.35. The third kappa shape index (κ3) is 3.21. The van der Waals surface area contributed by atoms with E-state index in [4.69, 9.17) is 0 Å². The van der Waals surface area contributed by atoms with Gasteiger partial charge in [0.2, 0.25) is 0 Å². The maximum absolute atomic E-state index is 3.74. The summed E-state index contributed by atoms with van der Waals surface area (Å²) in [6.45, 7) is 9.68. The zero-order valence-electron chi connectivity index (χ0n) is 11.1. The van der Waals surface area contributed by atoms with Crippen LogP contribution in [-0.2, 0) is 0 Å². The van der Waals surface area contributed by atoms with E-state index in [1.54, 1.807) is 0 Å². The molecule has 0 bridgehead atoms. The first-order valence-electron chi connectivity index (χ1n) is 7.04. The first-order valence-corrected chi connectivity index (χ1v) is 7.04. The summed E-state index contributed by atoms with van der Waals surface area (Å²) in [5, 5.41) is 7.21. The van der Waals surface area contributed by atoms with Crippen LogP contribution in [0.1, 0.15) is 52.4 Å². The largest absolute Gasteiger partial charge is 0.316 e. The molecule has 1 saturated carbocycles. The SMILES string of the molecule is CC1(CNCC2(C)CCNC2)CCCCC1. The van der Waals surface area contributed by atoms with E-state index in [0.29, 0.717) is 10.8 Å². The Bertz CT molecular complexity index is 213. The van der Waals surface area contributed by atoms with Crippen LogP contribution in [0, 0.1) is 10.8 Å². The molecule has 2 rings (SSSR count). The molecule has 2 heteroatoms. The molecule has 16 heavy (non-hydrogen) atoms. The molecule has 2 nitrogen and oxygen atoms in total. The Labute approximate surface area is 101 Å². The predicted octanol–water partition coefficient (Wildman–Crippen LogP) is 2.55. The highest BCUT2D eigenvalue weighted by molar-refractivity contribution is 4.87. The van der Waals surface area contributed by atoms with Gasteiger partial charge < -0.3 is 10.6 Å². The number of hydrogen-bond donors (Lipinski definition) is 2. The van der Waals surface area contributed by atoms with Crippen LogP contribution < -0.4 is 10.6 Å². The van der Waals surface area contributed by atoms with Crippen LogP contribution in [0.4, 0.5) is 0 Å². The Kier molecular flexibility index (Phi) is 3.91. The molecule has 0 amide bonds. The molecule has 1 aliphatic heterocycles. The Balaban J connectivity index is 1.70. The van der Waals surface area contributed by atoms with E-state index in [0.717, 1.165) is 0 Å². The van der Waals surface area contributed by atoms with Crippen molar-refractivity contribution < 1.29 is 0 Å². The number of nitrogens with one attached hydrogen (secondary N) is 2. The second-order valence-electron chi connectivity index (χ2n) is 6.71. The van der Waals surface area contributed by atoms with Crippen LogP contribution in [0.25, 0.3) is 0 Å². The topological polar surface area (TPSA) is 24.1 Å². The lowest BCUT2D eigenvalue weighted by molar-refractivity contribution is 0.196. The molecule has 0 aromatic carbocycles. The summed E-state index contributed by atoms with van der Waals surface area (Å²) in [5.74, 6) is 0. The highest BCUT2D eigenvalue weighted by Crippen LogP contribution is 2.35. The van der Waals surface area contributed by atoms with Crippen molar-refractivity contribution >= 4 is 0 Å². The van der Waals surface area contributed by atoms with Gasteiger partial charge in [-0.15, -0.1) is 0 Å². The molecular weight excluding hydrogens is 196 g/mol. The van der Waals surface area contributed by atoms with Gasteiger partial charge >= 0.3 is 0 Å². The van der Waals surface area contributed by atoms with Crippen molar-refractivity contribution in [1.29, 1.82) is 0 Å². The summed E-state index contributed by atoms with van der Waals surface area (Å²) in [6.07, 6.45) is 8.52. The summed E-state index contributed by atoms with van der Waals surface area (Å²) >= 11 is 0. The van der Waals surface area contributed by atoms with Gasteiger partial charge in [-0.1, -0.05) is 33.1 Å². The van der Waals surface area contributed by atoms with Gasteiger partial charge in [-0.05, 0) is 36.6 Å². The zero-order chi connectivity index (χ0) is 11.5. The maximum atomic E-state index is 3.74. The quantitative estimate of drug-likeness (QED) is 0.767. The van der Waals surface area contributed by atoms with Crippen molar-refractivity contribution in [1.82, 2.24) is 10.6 Å². The summed E-state index contributed by atoms with van der Waals surface area (Å²) < 4.78 is 0. The summed E-state index contributed by atoms with van der Waals surface area (Å²) in [6, 6.07) is 0. The van der Waals surface area contributed by atoms with Gasteiger partial charge in [0.25, 0.3) is 0 Å². The van der Waals surface area contributed by atoms with Crippen LogP contribution in [-0.4, -0.2) is 26.2 Å². The minimum absolute atomic E-state index is 0.505. The molecule has 0 aromatic heterocycles. The Morgan fingerprint density at radius 1 is 0.938 bits per heavy atom. The minimum atomic E-state index is 0.505. The molecule has 1 saturated heterocycles. The molecule has 0 aromatic rings. The molecule has 2 N–H and O–H groups in total. The highest BCUT2D eigenvalue weighted by atomic mass is 15.0. The second-order valence-corrected chi connectivity index (χ2v) is 6.71. The number of rotatable bonds is 4. The average Bonchev–Trinajstić information content (AvgIpc) is 2.66. The van der Waals surface area contributed by atoms with Crippen molar-refractivity contribution in [3.8, 4) is 0 Å². The van der Waals surface area contributed by atoms with E-state index in [1.807, 2.05) is 0 Å². The fourth-order valence-corrected chi connectivity index (χ4v) is 3.27. The fraction of sp³-hybridized carbons (Fsp3) is 1.00. The molecule has 0 radical (unpaired) electrons. The first kappa shape index (κ1) is 12.4. The maximum Gasteiger partial charge on any atom is 0.00180 e. The van der Waals surface area contributed by atoms with Crippen LogP contribution in [0.2, 0.25) is 0 Å². The van der Waals surface area contributed by atoms with Gasteiger partial charge in [0, 0.05) is 19.6 Å². The van der Waals surface area contributed by atoms with E-state index in [1.165, 1.54) is 64.7 Å². The van der Waals surface area contributed by atoms with Crippen molar-refractivity contribution in [2.75, 3.05) is 26.2 Å². The Morgan fingerprint density at radius 2 is 1.62 bits per heavy atom. The molecule has 1 atom stereocenters. The van der Waals surface area contributed by atoms with Gasteiger partial charge in [-0.3, -0.25) is 0 Å². The second kappa shape index (κ2) is 5.05. The number of hydrogen-bond acceptors (Lipinski definition) is 2. The van der Waals surface area contributed by atoms with Crippen molar-refractivity contribution in [3.05, 3.63) is 0 Å². The molecule has 1 aliphatic carbocycles. The monoisotopic (exact) mass is 224 g/mol. The molecule has 0 spiro atoms. The third-order valence-electron chi connectivity index (χ3n) is 4.62. The molecule has 1 heterocycles. The summed E-state index contributed by atoms with van der Waals surface area (Å²) in [4.78, 5) is 0. The zero-order valence-corrected chi connectivity index (χ0v) is 11.1. The molecule has 94 valence electrons. The molecule has 2 fully saturated rings.